The predicted molar refractivity (Wildman–Crippen MR) is 88.9 cm³/mol. The van der Waals surface area contributed by atoms with E-state index in [2.05, 4.69) is 22.8 Å². The van der Waals surface area contributed by atoms with E-state index in [-0.39, 0.29) is 0 Å². The molecule has 21 heavy (non-hydrogen) atoms. The lowest BCUT2D eigenvalue weighted by atomic mass is 10.1. The summed E-state index contributed by atoms with van der Waals surface area (Å²) >= 11 is 0. The summed E-state index contributed by atoms with van der Waals surface area (Å²) in [4.78, 5) is 4.74. The summed E-state index contributed by atoms with van der Waals surface area (Å²) in [5, 5.41) is 6.53. The van der Waals surface area contributed by atoms with Gasteiger partial charge in [0.15, 0.2) is 5.82 Å². The number of para-hydroxylation sites is 1. The molecule has 0 bridgehead atoms. The van der Waals surface area contributed by atoms with Crippen LogP contribution in [0.4, 0.5) is 17.2 Å². The third-order valence-corrected chi connectivity index (χ3v) is 3.27. The van der Waals surface area contributed by atoms with Crippen LogP contribution < -0.4 is 10.6 Å². The quantitative estimate of drug-likeness (QED) is 0.734. The van der Waals surface area contributed by atoms with Gasteiger partial charge in [-0.15, -0.1) is 0 Å². The first kappa shape index (κ1) is 13.2. The van der Waals surface area contributed by atoms with Crippen molar-refractivity contribution in [2.75, 3.05) is 17.7 Å². The number of hydrogen-bond acceptors (Lipinski definition) is 3. The minimum Gasteiger partial charge on any atom is -0.385 e. The van der Waals surface area contributed by atoms with Crippen LogP contribution in [0, 0.1) is 0 Å². The van der Waals surface area contributed by atoms with Crippen LogP contribution in [-0.4, -0.2) is 12.0 Å². The van der Waals surface area contributed by atoms with Gasteiger partial charge in [0.05, 0.1) is 11.4 Å². The van der Waals surface area contributed by atoms with Gasteiger partial charge in [0.1, 0.15) is 0 Å². The van der Waals surface area contributed by atoms with E-state index in [9.17, 15) is 0 Å². The molecular formula is C18H17N3. The second-order valence-electron chi connectivity index (χ2n) is 4.70. The molecule has 0 fully saturated rings. The Hall–Kier alpha value is -2.81. The molecule has 3 heteroatoms. The summed E-state index contributed by atoms with van der Waals surface area (Å²) in [6.45, 7) is 0. The molecule has 0 amide bonds. The van der Waals surface area contributed by atoms with Crippen molar-refractivity contribution < 1.29 is 0 Å². The highest BCUT2D eigenvalue weighted by Gasteiger charge is 2.06. The molecule has 3 nitrogen and oxygen atoms in total. The highest BCUT2D eigenvalue weighted by Crippen LogP contribution is 2.27. The Kier molecular flexibility index (Phi) is 3.83. The third-order valence-electron chi connectivity index (χ3n) is 3.27. The van der Waals surface area contributed by atoms with E-state index in [1.807, 2.05) is 67.7 Å². The van der Waals surface area contributed by atoms with E-state index in [1.165, 1.54) is 0 Å². The molecule has 0 aliphatic carbocycles. The lowest BCUT2D eigenvalue weighted by Crippen LogP contribution is -2.00. The van der Waals surface area contributed by atoms with Crippen LogP contribution in [0.3, 0.4) is 0 Å². The zero-order valence-corrected chi connectivity index (χ0v) is 11.9. The zero-order valence-electron chi connectivity index (χ0n) is 11.9. The molecule has 0 spiro atoms. The molecule has 0 saturated heterocycles. The summed E-state index contributed by atoms with van der Waals surface area (Å²) in [6.07, 6.45) is 0. The molecule has 104 valence electrons. The number of nitrogens with one attached hydrogen (secondary N) is 2. The van der Waals surface area contributed by atoms with E-state index in [0.29, 0.717) is 0 Å². The van der Waals surface area contributed by atoms with Gasteiger partial charge in [0, 0.05) is 18.3 Å². The maximum Gasteiger partial charge on any atom is 0.154 e. The van der Waals surface area contributed by atoms with Crippen molar-refractivity contribution in [3.05, 3.63) is 72.8 Å². The van der Waals surface area contributed by atoms with Crippen molar-refractivity contribution >= 4 is 17.2 Å². The minimum absolute atomic E-state index is 0.824. The largest absolute Gasteiger partial charge is 0.385 e. The van der Waals surface area contributed by atoms with Crippen LogP contribution in [0.5, 0.6) is 0 Å². The van der Waals surface area contributed by atoms with Gasteiger partial charge in [0.2, 0.25) is 0 Å². The number of benzene rings is 2. The van der Waals surface area contributed by atoms with Crippen LogP contribution in [0.1, 0.15) is 0 Å². The summed E-state index contributed by atoms with van der Waals surface area (Å²) in [5.74, 6) is 0.824. The Morgan fingerprint density at radius 1 is 0.762 bits per heavy atom. The fraction of sp³-hybridized carbons (Fsp3) is 0.0556. The molecule has 2 N–H and O–H groups in total. The first-order chi connectivity index (χ1) is 10.4. The van der Waals surface area contributed by atoms with Crippen LogP contribution in [0.25, 0.3) is 11.3 Å². The number of anilines is 3. The molecule has 0 aliphatic heterocycles. The minimum atomic E-state index is 0.824. The van der Waals surface area contributed by atoms with Crippen molar-refractivity contribution in [3.8, 4) is 11.3 Å². The second kappa shape index (κ2) is 6.09. The van der Waals surface area contributed by atoms with E-state index in [0.717, 1.165) is 28.5 Å². The molecule has 0 saturated carbocycles. The van der Waals surface area contributed by atoms with Gasteiger partial charge in [-0.1, -0.05) is 48.5 Å². The normalized spacial score (nSPS) is 10.1. The van der Waals surface area contributed by atoms with Crippen LogP contribution in [0.15, 0.2) is 72.8 Å². The molecule has 0 aliphatic rings. The van der Waals surface area contributed by atoms with Gasteiger partial charge in [-0.3, -0.25) is 0 Å². The molecule has 2 aromatic carbocycles. The number of aromatic nitrogens is 1. The van der Waals surface area contributed by atoms with Crippen LogP contribution in [-0.2, 0) is 0 Å². The highest BCUT2D eigenvalue weighted by molar-refractivity contribution is 5.74. The van der Waals surface area contributed by atoms with E-state index in [4.69, 9.17) is 4.98 Å². The average Bonchev–Trinajstić information content (AvgIpc) is 2.56. The number of rotatable bonds is 4. The van der Waals surface area contributed by atoms with Gasteiger partial charge in [0.25, 0.3) is 0 Å². The number of hydrogen-bond donors (Lipinski definition) is 2. The van der Waals surface area contributed by atoms with Crippen LogP contribution in [0.2, 0.25) is 0 Å². The zero-order chi connectivity index (χ0) is 14.5. The molecule has 3 aromatic rings. The number of pyridine rings is 1. The fourth-order valence-corrected chi connectivity index (χ4v) is 2.18. The standard InChI is InChI=1S/C18H17N3/c1-19-17-13-12-16(14-8-4-2-5-9-14)21-18(17)20-15-10-6-3-7-11-15/h2-13,19H,1H3,(H,20,21). The fourth-order valence-electron chi connectivity index (χ4n) is 2.18. The van der Waals surface area contributed by atoms with Crippen molar-refractivity contribution in [2.24, 2.45) is 0 Å². The lowest BCUT2D eigenvalue weighted by Gasteiger charge is -2.12. The highest BCUT2D eigenvalue weighted by atomic mass is 15.0. The SMILES string of the molecule is CNc1ccc(-c2ccccc2)nc1Nc1ccccc1. The Morgan fingerprint density at radius 2 is 1.43 bits per heavy atom. The van der Waals surface area contributed by atoms with Gasteiger partial charge >= 0.3 is 0 Å². The van der Waals surface area contributed by atoms with E-state index < -0.39 is 0 Å². The van der Waals surface area contributed by atoms with Gasteiger partial charge in [-0.2, -0.15) is 0 Å². The first-order valence-corrected chi connectivity index (χ1v) is 6.93. The van der Waals surface area contributed by atoms with E-state index >= 15 is 0 Å². The summed E-state index contributed by atoms with van der Waals surface area (Å²) < 4.78 is 0. The summed E-state index contributed by atoms with van der Waals surface area (Å²) in [7, 11) is 1.90. The van der Waals surface area contributed by atoms with Crippen molar-refractivity contribution in [1.82, 2.24) is 4.98 Å². The van der Waals surface area contributed by atoms with Crippen molar-refractivity contribution in [1.29, 1.82) is 0 Å². The molecular weight excluding hydrogens is 258 g/mol. The van der Waals surface area contributed by atoms with Gasteiger partial charge in [-0.25, -0.2) is 4.98 Å². The maximum atomic E-state index is 4.74. The molecule has 1 heterocycles. The molecule has 0 atom stereocenters. The van der Waals surface area contributed by atoms with Crippen molar-refractivity contribution in [3.63, 3.8) is 0 Å². The Morgan fingerprint density at radius 3 is 2.10 bits per heavy atom. The predicted octanol–water partition coefficient (Wildman–Crippen LogP) is 4.53. The average molecular weight is 275 g/mol. The smallest absolute Gasteiger partial charge is 0.154 e. The molecule has 0 unspecified atom stereocenters. The molecule has 1 aromatic heterocycles. The van der Waals surface area contributed by atoms with Gasteiger partial charge in [-0.05, 0) is 24.3 Å². The third kappa shape index (κ3) is 3.03. The topological polar surface area (TPSA) is 37.0 Å². The Balaban J connectivity index is 1.98. The van der Waals surface area contributed by atoms with Crippen molar-refractivity contribution in [2.45, 2.75) is 0 Å². The lowest BCUT2D eigenvalue weighted by molar-refractivity contribution is 1.29. The second-order valence-corrected chi connectivity index (χ2v) is 4.70. The number of nitrogens with zero attached hydrogens (tertiary/aromatic N) is 1. The monoisotopic (exact) mass is 275 g/mol. The van der Waals surface area contributed by atoms with Crippen LogP contribution >= 0.6 is 0 Å². The van der Waals surface area contributed by atoms with Gasteiger partial charge < -0.3 is 10.6 Å². The van der Waals surface area contributed by atoms with E-state index in [1.54, 1.807) is 0 Å². The Bertz CT molecular complexity index is 709. The first-order valence-electron chi connectivity index (χ1n) is 6.93. The summed E-state index contributed by atoms with van der Waals surface area (Å²) in [5.41, 5.74) is 4.05. The maximum absolute atomic E-state index is 4.74. The summed E-state index contributed by atoms with van der Waals surface area (Å²) in [6, 6.07) is 24.3. The Labute approximate surface area is 124 Å². The molecule has 3 rings (SSSR count). The molecule has 0 radical (unpaired) electrons.